The summed E-state index contributed by atoms with van der Waals surface area (Å²) in [7, 11) is 0. The van der Waals surface area contributed by atoms with E-state index >= 15 is 0 Å². The zero-order valence-corrected chi connectivity index (χ0v) is 24.7. The largest absolute Gasteiger partial charge is 0.395 e. The van der Waals surface area contributed by atoms with E-state index in [4.69, 9.17) is 9.47 Å². The molecular weight excluding hydrogens is 536 g/mol. The minimum absolute atomic E-state index is 0.000253. The van der Waals surface area contributed by atoms with Gasteiger partial charge in [0, 0.05) is 52.4 Å². The number of carbonyl (C=O) groups excluding carboxylic acids is 3. The lowest BCUT2D eigenvalue weighted by atomic mass is 9.66. The molecule has 4 fully saturated rings. The number of rotatable bonds is 13. The number of amides is 3. The summed E-state index contributed by atoms with van der Waals surface area (Å²) in [5.41, 5.74) is -1.04. The van der Waals surface area contributed by atoms with Crippen LogP contribution in [-0.2, 0) is 30.4 Å². The number of carbonyl (C=O) groups is 3. The van der Waals surface area contributed by atoms with Gasteiger partial charge in [-0.25, -0.2) is 0 Å². The van der Waals surface area contributed by atoms with E-state index in [9.17, 15) is 19.5 Å². The average Bonchev–Trinajstić information content (AvgIpc) is 3.56. The van der Waals surface area contributed by atoms with Gasteiger partial charge in [-0.1, -0.05) is 42.5 Å². The number of aliphatic hydroxyl groups excluding tert-OH is 1. The zero-order chi connectivity index (χ0) is 29.9. The summed E-state index contributed by atoms with van der Waals surface area (Å²) in [6, 6.07) is 8.80. The van der Waals surface area contributed by atoms with Crippen molar-refractivity contribution < 1.29 is 29.0 Å². The fourth-order valence-electron chi connectivity index (χ4n) is 7.53. The van der Waals surface area contributed by atoms with E-state index in [0.717, 1.165) is 18.7 Å². The average molecular weight is 581 g/mol. The molecule has 10 nitrogen and oxygen atoms in total. The monoisotopic (exact) mass is 580 g/mol. The highest BCUT2D eigenvalue weighted by Gasteiger charge is 2.78. The predicted octanol–water partition coefficient (Wildman–Crippen LogP) is 1.31. The molecule has 3 amide bonds. The summed E-state index contributed by atoms with van der Waals surface area (Å²) in [5.74, 6) is -2.25. The Balaban J connectivity index is 1.45. The number of likely N-dealkylation sites (tertiary alicyclic amines) is 1. The Labute approximate surface area is 248 Å². The number of morpholine rings is 1. The van der Waals surface area contributed by atoms with Gasteiger partial charge >= 0.3 is 0 Å². The number of hydrogen-bond acceptors (Lipinski definition) is 7. The van der Waals surface area contributed by atoms with Gasteiger partial charge in [0.25, 0.3) is 0 Å². The topological polar surface area (TPSA) is 103 Å². The van der Waals surface area contributed by atoms with E-state index < -0.39 is 29.1 Å². The van der Waals surface area contributed by atoms with Crippen molar-refractivity contribution in [1.29, 1.82) is 0 Å². The van der Waals surface area contributed by atoms with Crippen LogP contribution in [0.25, 0.3) is 0 Å². The van der Waals surface area contributed by atoms with Crippen molar-refractivity contribution in [2.75, 3.05) is 65.6 Å². The van der Waals surface area contributed by atoms with Gasteiger partial charge in [0.2, 0.25) is 17.7 Å². The molecule has 0 aliphatic carbocycles. The summed E-state index contributed by atoms with van der Waals surface area (Å²) < 4.78 is 12.2. The minimum Gasteiger partial charge on any atom is -0.395 e. The van der Waals surface area contributed by atoms with Gasteiger partial charge in [-0.15, -0.1) is 13.2 Å². The number of fused-ring (bicyclic) bond motifs is 1. The van der Waals surface area contributed by atoms with Crippen molar-refractivity contribution in [1.82, 2.24) is 19.6 Å². The SMILES string of the molecule is C=CCN(CCN1CCOCC1)C(=O)C1N(CCO)C(=O)[C@@H]2[C@H](C(=O)N(CC=C)Cc3ccccc3)[C@]3(C)CCC12O3. The predicted molar refractivity (Wildman–Crippen MR) is 157 cm³/mol. The third kappa shape index (κ3) is 5.41. The molecule has 5 rings (SSSR count). The highest BCUT2D eigenvalue weighted by molar-refractivity contribution is 5.99. The Morgan fingerprint density at radius 1 is 1.05 bits per heavy atom. The van der Waals surface area contributed by atoms with Crippen molar-refractivity contribution in [2.24, 2.45) is 11.8 Å². The van der Waals surface area contributed by atoms with Gasteiger partial charge in [-0.05, 0) is 25.3 Å². The fraction of sp³-hybridized carbons (Fsp3) is 0.594. The van der Waals surface area contributed by atoms with Crippen molar-refractivity contribution in [2.45, 2.75) is 43.6 Å². The third-order valence-corrected chi connectivity index (χ3v) is 9.45. The van der Waals surface area contributed by atoms with E-state index in [2.05, 4.69) is 18.1 Å². The van der Waals surface area contributed by atoms with Gasteiger partial charge < -0.3 is 29.3 Å². The Morgan fingerprint density at radius 3 is 2.40 bits per heavy atom. The molecule has 2 unspecified atom stereocenters. The van der Waals surface area contributed by atoms with Crippen LogP contribution in [0.3, 0.4) is 0 Å². The van der Waals surface area contributed by atoms with E-state index in [1.807, 2.05) is 37.3 Å². The van der Waals surface area contributed by atoms with Crippen LogP contribution in [-0.4, -0.2) is 125 Å². The first-order chi connectivity index (χ1) is 20.3. The Morgan fingerprint density at radius 2 is 1.74 bits per heavy atom. The molecule has 1 aromatic carbocycles. The van der Waals surface area contributed by atoms with Gasteiger partial charge in [0.05, 0.1) is 37.3 Å². The van der Waals surface area contributed by atoms with Crippen molar-refractivity contribution in [3.05, 3.63) is 61.2 Å². The maximum absolute atomic E-state index is 14.4. The van der Waals surface area contributed by atoms with Crippen LogP contribution in [0.4, 0.5) is 0 Å². The lowest BCUT2D eigenvalue weighted by Gasteiger charge is -2.37. The maximum atomic E-state index is 14.4. The molecule has 4 aliphatic rings. The second-order valence-corrected chi connectivity index (χ2v) is 12.0. The highest BCUT2D eigenvalue weighted by Crippen LogP contribution is 2.63. The Bertz CT molecular complexity index is 1170. The summed E-state index contributed by atoms with van der Waals surface area (Å²) in [4.78, 5) is 50.1. The molecule has 0 saturated carbocycles. The number of β-amino-alcohol motifs (C(OH)–C–C–N with tert-alkyl or cyclic N) is 1. The number of aliphatic hydroxyl groups is 1. The maximum Gasteiger partial charge on any atom is 0.248 e. The summed E-state index contributed by atoms with van der Waals surface area (Å²) in [5, 5.41) is 9.96. The Hall–Kier alpha value is -3.05. The second-order valence-electron chi connectivity index (χ2n) is 12.0. The fourth-order valence-corrected chi connectivity index (χ4v) is 7.53. The first kappa shape index (κ1) is 30.4. The molecule has 1 aromatic rings. The molecule has 228 valence electrons. The van der Waals surface area contributed by atoms with Crippen LogP contribution in [0, 0.1) is 11.8 Å². The van der Waals surface area contributed by atoms with Crippen molar-refractivity contribution in [3.63, 3.8) is 0 Å². The van der Waals surface area contributed by atoms with Crippen LogP contribution in [0.2, 0.25) is 0 Å². The van der Waals surface area contributed by atoms with Crippen molar-refractivity contribution in [3.8, 4) is 0 Å². The number of nitrogens with zero attached hydrogens (tertiary/aromatic N) is 4. The lowest BCUT2D eigenvalue weighted by Crippen LogP contribution is -2.57. The van der Waals surface area contributed by atoms with Gasteiger partial charge in [0.15, 0.2) is 0 Å². The number of hydrogen-bond donors (Lipinski definition) is 1. The molecule has 10 heteroatoms. The molecule has 2 bridgehead atoms. The molecule has 0 radical (unpaired) electrons. The third-order valence-electron chi connectivity index (χ3n) is 9.45. The second kappa shape index (κ2) is 12.7. The standard InChI is InChI=1S/C32H44N4O6/c1-4-13-34(16-15-33-18-21-41-22-19-33)30(40)27-32-12-11-31(3,42-32)25(26(32)29(39)36(27)17-20-37)28(38)35(14-5-2)23-24-9-7-6-8-10-24/h4-10,25-27,37H,1-2,11-23H2,3H3/t25-,26+,27?,31+,32?/m1/s1. The molecule has 4 heterocycles. The molecule has 42 heavy (non-hydrogen) atoms. The molecule has 1 N–H and O–H groups in total. The minimum atomic E-state index is -1.14. The molecule has 4 aliphatic heterocycles. The lowest BCUT2D eigenvalue weighted by molar-refractivity contribution is -0.154. The van der Waals surface area contributed by atoms with Crippen LogP contribution < -0.4 is 0 Å². The highest BCUT2D eigenvalue weighted by atomic mass is 16.5. The van der Waals surface area contributed by atoms with Gasteiger partial charge in [-0.3, -0.25) is 19.3 Å². The van der Waals surface area contributed by atoms with Crippen molar-refractivity contribution >= 4 is 17.7 Å². The van der Waals surface area contributed by atoms with Gasteiger partial charge in [-0.2, -0.15) is 0 Å². The first-order valence-electron chi connectivity index (χ1n) is 15.0. The van der Waals surface area contributed by atoms with E-state index in [1.54, 1.807) is 22.0 Å². The number of benzene rings is 1. The summed E-state index contributed by atoms with van der Waals surface area (Å²) in [6.45, 7) is 14.4. The normalized spacial score (nSPS) is 30.3. The van der Waals surface area contributed by atoms with Crippen LogP contribution in [0.5, 0.6) is 0 Å². The van der Waals surface area contributed by atoms with E-state index in [0.29, 0.717) is 58.8 Å². The molecule has 1 spiro atoms. The molecule has 5 atom stereocenters. The zero-order valence-electron chi connectivity index (χ0n) is 24.7. The summed E-state index contributed by atoms with van der Waals surface area (Å²) in [6.07, 6.45) is 4.44. The van der Waals surface area contributed by atoms with Crippen LogP contribution >= 0.6 is 0 Å². The van der Waals surface area contributed by atoms with E-state index in [1.165, 1.54) is 4.90 Å². The number of ether oxygens (including phenoxy) is 2. The van der Waals surface area contributed by atoms with Gasteiger partial charge in [0.1, 0.15) is 11.6 Å². The first-order valence-corrected chi connectivity index (χ1v) is 15.0. The summed E-state index contributed by atoms with van der Waals surface area (Å²) >= 11 is 0. The van der Waals surface area contributed by atoms with Crippen LogP contribution in [0.15, 0.2) is 55.6 Å². The smallest absolute Gasteiger partial charge is 0.248 e. The van der Waals surface area contributed by atoms with E-state index in [-0.39, 0.29) is 30.9 Å². The quantitative estimate of drug-likeness (QED) is 0.351. The molecule has 4 saturated heterocycles. The van der Waals surface area contributed by atoms with Crippen LogP contribution in [0.1, 0.15) is 25.3 Å². The molecule has 0 aromatic heterocycles. The Kier molecular flexibility index (Phi) is 9.17. The molecular formula is C32H44N4O6.